The molecule has 0 aliphatic heterocycles. The molecule has 2 rings (SSSR count). The van der Waals surface area contributed by atoms with Crippen LogP contribution in [0.4, 0.5) is 11.4 Å². The van der Waals surface area contributed by atoms with E-state index in [4.69, 9.17) is 47.3 Å². The fourth-order valence-electron chi connectivity index (χ4n) is 3.08. The van der Waals surface area contributed by atoms with Crippen LogP contribution < -0.4 is 8.88 Å². The van der Waals surface area contributed by atoms with E-state index in [1.165, 1.54) is 11.4 Å². The molecule has 36 heavy (non-hydrogen) atoms. The van der Waals surface area contributed by atoms with Crippen molar-refractivity contribution in [3.05, 3.63) is 87.0 Å². The Bertz CT molecular complexity index is 691. The van der Waals surface area contributed by atoms with Gasteiger partial charge in [0.05, 0.1) is 53.3 Å². The maximum Gasteiger partial charge on any atom is 0.125 e. The third-order valence-corrected chi connectivity index (χ3v) is 13.8. The molecule has 0 saturated carbocycles. The summed E-state index contributed by atoms with van der Waals surface area (Å²) in [5.41, 5.74) is 2.81. The van der Waals surface area contributed by atoms with Crippen molar-refractivity contribution in [3.8, 4) is 0 Å². The molecule has 12 heteroatoms. The van der Waals surface area contributed by atoms with E-state index in [0.29, 0.717) is 0 Å². The van der Waals surface area contributed by atoms with Crippen LogP contribution in [-0.4, -0.2) is 53.3 Å². The minimum Gasteiger partial charge on any atom is -0.512 e. The molecule has 0 fully saturated rings. The summed E-state index contributed by atoms with van der Waals surface area (Å²) in [6, 6.07) is 21.5. The molecule has 0 atom stereocenters. The molecule has 0 aliphatic carbocycles. The number of anilines is 2. The largest absolute Gasteiger partial charge is 0.512 e. The molecule has 0 bridgehead atoms. The molecule has 0 unspecified atom stereocenters. The molecular weight excluding hydrogens is 886 g/mol. The molecule has 0 radical (unpaired) electrons. The van der Waals surface area contributed by atoms with Gasteiger partial charge in [-0.2, -0.15) is 0 Å². The number of benzene rings is 2. The van der Waals surface area contributed by atoms with Crippen LogP contribution in [-0.2, 0) is 42.1 Å². The SMILES string of the molecule is C[PH+](C)N(c1ccccc1)[PH+](C)C.C[PH+](C)N(c1ccccc1)[PH+](C)C.[C-]#N.[C-]#N.[C-]#N.[C-]#N.[Pt].[Pt]. The van der Waals surface area contributed by atoms with Crippen LogP contribution in [0.25, 0.3) is 0 Å². The molecule has 0 heterocycles. The first-order valence-corrected chi connectivity index (χ1v) is 19.8. The quantitative estimate of drug-likeness (QED) is 0.231. The van der Waals surface area contributed by atoms with Gasteiger partial charge in [-0.15, -0.1) is 8.88 Å². The number of hydrogen-bond donors (Lipinski definition) is 0. The van der Waals surface area contributed by atoms with Crippen LogP contribution in [0, 0.1) is 47.3 Å². The fraction of sp³-hybridized carbons (Fsp3) is 0.333. The molecular formula is C24H38N6P4Pt2. The van der Waals surface area contributed by atoms with Gasteiger partial charge in [0.1, 0.15) is 43.7 Å². The van der Waals surface area contributed by atoms with Crippen LogP contribution in [0.15, 0.2) is 60.7 Å². The predicted molar refractivity (Wildman–Crippen MR) is 158 cm³/mol. The van der Waals surface area contributed by atoms with Crippen LogP contribution in [0.1, 0.15) is 0 Å². The summed E-state index contributed by atoms with van der Waals surface area (Å²) in [7, 11) is -1.38. The minimum absolute atomic E-state index is 0. The zero-order valence-corrected chi connectivity index (χ0v) is 30.6. The second-order valence-corrected chi connectivity index (χ2v) is 17.4. The summed E-state index contributed by atoms with van der Waals surface area (Å²) in [5.74, 6) is 0. The van der Waals surface area contributed by atoms with Crippen molar-refractivity contribution in [2.45, 2.75) is 0 Å². The second-order valence-electron chi connectivity index (χ2n) is 7.13. The van der Waals surface area contributed by atoms with E-state index in [1.54, 1.807) is 0 Å². The van der Waals surface area contributed by atoms with Crippen molar-refractivity contribution >= 4 is 43.7 Å². The molecule has 0 saturated heterocycles. The maximum atomic E-state index is 6.25. The Morgan fingerprint density at radius 3 is 0.722 bits per heavy atom. The maximum absolute atomic E-state index is 6.25. The van der Waals surface area contributed by atoms with Gasteiger partial charge < -0.3 is 47.3 Å². The molecule has 0 N–H and O–H groups in total. The van der Waals surface area contributed by atoms with E-state index < -0.39 is 0 Å². The van der Waals surface area contributed by atoms with E-state index in [1.807, 2.05) is 0 Å². The number of para-hydroxylation sites is 2. The first-order valence-electron chi connectivity index (χ1n) is 10.1. The Morgan fingerprint density at radius 2 is 0.583 bits per heavy atom. The van der Waals surface area contributed by atoms with Crippen molar-refractivity contribution in [1.82, 2.24) is 0 Å². The number of nitrogens with zero attached hydrogens (tertiary/aromatic N) is 6. The Hall–Kier alpha value is -0.903. The van der Waals surface area contributed by atoms with E-state index in [9.17, 15) is 0 Å². The van der Waals surface area contributed by atoms with Crippen molar-refractivity contribution < 1.29 is 42.1 Å². The molecule has 0 aliphatic rings. The molecule has 0 aromatic heterocycles. The average molecular weight is 925 g/mol. The van der Waals surface area contributed by atoms with Crippen molar-refractivity contribution in [1.29, 1.82) is 21.0 Å². The van der Waals surface area contributed by atoms with Crippen molar-refractivity contribution in [2.24, 2.45) is 0 Å². The monoisotopic (exact) mass is 924 g/mol. The van der Waals surface area contributed by atoms with Crippen LogP contribution in [0.5, 0.6) is 0 Å². The Kier molecular flexibility index (Phi) is 45.6. The van der Waals surface area contributed by atoms with E-state index in [-0.39, 0.29) is 74.4 Å². The summed E-state index contributed by atoms with van der Waals surface area (Å²) in [4.78, 5) is 0. The standard InChI is InChI=1S/2C10H17NP2.4CN.2Pt/c2*1-12(2)11(13(3)4)10-8-6-5-7-9-10;4*1-2;;/h2*5-9H,1-4H3;;;;;;/q;;4*-1;;/p+4. The molecule has 2 aromatic carbocycles. The van der Waals surface area contributed by atoms with Gasteiger partial charge >= 0.3 is 0 Å². The zero-order chi connectivity index (χ0) is 27.7. The van der Waals surface area contributed by atoms with Gasteiger partial charge in [0.2, 0.25) is 0 Å². The Labute approximate surface area is 254 Å². The number of hydrogen-bond acceptors (Lipinski definition) is 6. The second kappa shape index (κ2) is 34.1. The predicted octanol–water partition coefficient (Wildman–Crippen LogP) is 6.92. The van der Waals surface area contributed by atoms with Gasteiger partial charge in [-0.3, -0.25) is 0 Å². The van der Waals surface area contributed by atoms with Gasteiger partial charge in [0.25, 0.3) is 0 Å². The summed E-state index contributed by atoms with van der Waals surface area (Å²) in [6.45, 7) is 37.9. The fourth-order valence-corrected chi connectivity index (χ4v) is 12.9. The summed E-state index contributed by atoms with van der Waals surface area (Å²) < 4.78 is 5.24. The van der Waals surface area contributed by atoms with Crippen LogP contribution in [0.2, 0.25) is 0 Å². The van der Waals surface area contributed by atoms with Gasteiger partial charge in [0, 0.05) is 42.1 Å². The van der Waals surface area contributed by atoms with Gasteiger partial charge in [0.15, 0.2) is 0 Å². The third kappa shape index (κ3) is 22.3. The Morgan fingerprint density at radius 1 is 0.417 bits per heavy atom. The summed E-state index contributed by atoms with van der Waals surface area (Å²) in [6.07, 6.45) is 0. The van der Waals surface area contributed by atoms with Crippen molar-refractivity contribution in [3.63, 3.8) is 0 Å². The molecule has 2 aromatic rings. The summed E-state index contributed by atoms with van der Waals surface area (Å²) in [5, 5.41) is 25.0. The third-order valence-electron chi connectivity index (χ3n) is 3.82. The van der Waals surface area contributed by atoms with E-state index in [2.05, 4.69) is 123 Å². The molecule has 0 spiro atoms. The molecule has 0 amide bonds. The van der Waals surface area contributed by atoms with Gasteiger partial charge in [-0.25, -0.2) is 0 Å². The smallest absolute Gasteiger partial charge is 0.125 e. The minimum atomic E-state index is -0.346. The zero-order valence-electron chi connectivity index (χ0n) is 22.1. The number of rotatable bonds is 6. The first kappa shape index (κ1) is 48.2. The molecule has 6 nitrogen and oxygen atoms in total. The Balaban J connectivity index is -0.0000000936. The van der Waals surface area contributed by atoms with E-state index >= 15 is 0 Å². The summed E-state index contributed by atoms with van der Waals surface area (Å²) >= 11 is 0. The van der Waals surface area contributed by atoms with Gasteiger partial charge in [-0.05, 0) is 24.3 Å². The normalized spacial score (nSPS) is 8.11. The van der Waals surface area contributed by atoms with Gasteiger partial charge in [-0.1, -0.05) is 36.4 Å². The van der Waals surface area contributed by atoms with E-state index in [0.717, 1.165) is 0 Å². The first-order chi connectivity index (χ1) is 16.3. The van der Waals surface area contributed by atoms with Crippen LogP contribution >= 0.6 is 32.3 Å². The average Bonchev–Trinajstić information content (AvgIpc) is 2.85. The van der Waals surface area contributed by atoms with Crippen LogP contribution in [0.3, 0.4) is 0 Å². The van der Waals surface area contributed by atoms with Crippen molar-refractivity contribution in [2.75, 3.05) is 62.2 Å². The molecule has 204 valence electrons. The topological polar surface area (TPSA) is 102 Å².